The number of halogens is 1. The molecule has 31 heavy (non-hydrogen) atoms. The van der Waals surface area contributed by atoms with Crippen LogP contribution >= 0.6 is 11.6 Å². The number of fused-ring (bicyclic) bond motifs is 1. The van der Waals surface area contributed by atoms with Crippen LogP contribution in [0.2, 0.25) is 5.28 Å². The SMILES string of the molecule is COc1cccc(CC2CCN(Nc3nc(Cl)nc4c3ncn4C3CCCC3)CC2)c1. The third-order valence-corrected chi connectivity index (χ3v) is 6.82. The Balaban J connectivity index is 1.25. The van der Waals surface area contributed by atoms with E-state index < -0.39 is 0 Å². The monoisotopic (exact) mass is 440 g/mol. The van der Waals surface area contributed by atoms with Crippen molar-refractivity contribution in [3.05, 3.63) is 41.4 Å². The lowest BCUT2D eigenvalue weighted by Crippen LogP contribution is -2.38. The van der Waals surface area contributed by atoms with Crippen molar-refractivity contribution in [2.24, 2.45) is 5.92 Å². The quantitative estimate of drug-likeness (QED) is 0.550. The molecule has 3 aromatic rings. The fourth-order valence-electron chi connectivity index (χ4n) is 4.95. The number of hydrogen-bond donors (Lipinski definition) is 1. The van der Waals surface area contributed by atoms with E-state index in [2.05, 4.69) is 48.2 Å². The second-order valence-electron chi connectivity index (χ2n) is 8.70. The Bertz CT molecular complexity index is 1040. The summed E-state index contributed by atoms with van der Waals surface area (Å²) in [5, 5.41) is 2.50. The van der Waals surface area contributed by atoms with Gasteiger partial charge in [-0.3, -0.25) is 0 Å². The largest absolute Gasteiger partial charge is 0.497 e. The highest BCUT2D eigenvalue weighted by Crippen LogP contribution is 2.33. The smallest absolute Gasteiger partial charge is 0.226 e. The number of benzene rings is 1. The highest BCUT2D eigenvalue weighted by molar-refractivity contribution is 6.28. The van der Waals surface area contributed by atoms with Crippen molar-refractivity contribution < 1.29 is 4.74 Å². The zero-order valence-corrected chi connectivity index (χ0v) is 18.7. The summed E-state index contributed by atoms with van der Waals surface area (Å²) in [6.07, 6.45) is 10.1. The molecule has 1 saturated carbocycles. The number of imidazole rings is 1. The number of aromatic nitrogens is 4. The minimum Gasteiger partial charge on any atom is -0.497 e. The number of ether oxygens (including phenoxy) is 1. The fraction of sp³-hybridized carbons (Fsp3) is 0.522. The maximum absolute atomic E-state index is 6.28. The predicted molar refractivity (Wildman–Crippen MR) is 122 cm³/mol. The highest BCUT2D eigenvalue weighted by atomic mass is 35.5. The molecule has 1 aromatic carbocycles. The van der Waals surface area contributed by atoms with E-state index in [1.165, 1.54) is 31.2 Å². The highest BCUT2D eigenvalue weighted by Gasteiger charge is 2.24. The van der Waals surface area contributed by atoms with Crippen molar-refractivity contribution in [1.82, 2.24) is 24.5 Å². The number of piperidine rings is 1. The van der Waals surface area contributed by atoms with Crippen LogP contribution in [-0.2, 0) is 6.42 Å². The first-order valence-electron chi connectivity index (χ1n) is 11.2. The molecule has 2 fully saturated rings. The van der Waals surface area contributed by atoms with E-state index in [-0.39, 0.29) is 5.28 Å². The first-order chi connectivity index (χ1) is 15.2. The van der Waals surface area contributed by atoms with Crippen LogP contribution in [0.3, 0.4) is 0 Å². The lowest BCUT2D eigenvalue weighted by molar-refractivity contribution is 0.216. The average molecular weight is 441 g/mol. The molecule has 0 radical (unpaired) electrons. The molecule has 0 spiro atoms. The topological polar surface area (TPSA) is 68.1 Å². The lowest BCUT2D eigenvalue weighted by Gasteiger charge is -2.32. The van der Waals surface area contributed by atoms with Gasteiger partial charge in [-0.15, -0.1) is 0 Å². The summed E-state index contributed by atoms with van der Waals surface area (Å²) >= 11 is 6.28. The Hall–Kier alpha value is -2.38. The summed E-state index contributed by atoms with van der Waals surface area (Å²) < 4.78 is 7.54. The van der Waals surface area contributed by atoms with Gasteiger partial charge in [-0.25, -0.2) is 9.99 Å². The van der Waals surface area contributed by atoms with Gasteiger partial charge < -0.3 is 14.7 Å². The van der Waals surface area contributed by atoms with Crippen LogP contribution in [0.1, 0.15) is 50.1 Å². The van der Waals surface area contributed by atoms with Crippen LogP contribution in [0, 0.1) is 5.92 Å². The van der Waals surface area contributed by atoms with E-state index in [1.807, 2.05) is 12.4 Å². The predicted octanol–water partition coefficient (Wildman–Crippen LogP) is 4.89. The molecule has 8 heteroatoms. The Morgan fingerprint density at radius 1 is 1.13 bits per heavy atom. The van der Waals surface area contributed by atoms with E-state index in [9.17, 15) is 0 Å². The van der Waals surface area contributed by atoms with Gasteiger partial charge in [-0.1, -0.05) is 25.0 Å². The minimum atomic E-state index is 0.266. The summed E-state index contributed by atoms with van der Waals surface area (Å²) in [6, 6.07) is 8.87. The number of nitrogens with zero attached hydrogens (tertiary/aromatic N) is 5. The molecule has 2 aliphatic rings. The number of hydrogen-bond acceptors (Lipinski definition) is 6. The van der Waals surface area contributed by atoms with Gasteiger partial charge in [0.15, 0.2) is 17.0 Å². The Kier molecular flexibility index (Phi) is 5.96. The van der Waals surface area contributed by atoms with Crippen LogP contribution in [0.4, 0.5) is 5.82 Å². The number of hydrazine groups is 1. The molecule has 1 N–H and O–H groups in total. The molecule has 164 valence electrons. The third-order valence-electron chi connectivity index (χ3n) is 6.65. The van der Waals surface area contributed by atoms with Gasteiger partial charge in [0, 0.05) is 19.1 Å². The lowest BCUT2D eigenvalue weighted by atomic mass is 9.90. The maximum Gasteiger partial charge on any atom is 0.226 e. The fourth-order valence-corrected chi connectivity index (χ4v) is 5.11. The number of methoxy groups -OCH3 is 1. The van der Waals surface area contributed by atoms with Crippen molar-refractivity contribution in [2.75, 3.05) is 25.6 Å². The van der Waals surface area contributed by atoms with E-state index in [4.69, 9.17) is 16.3 Å². The van der Waals surface area contributed by atoms with E-state index in [0.717, 1.165) is 49.3 Å². The molecule has 3 heterocycles. The zero-order chi connectivity index (χ0) is 21.2. The first-order valence-corrected chi connectivity index (χ1v) is 11.6. The van der Waals surface area contributed by atoms with E-state index in [0.29, 0.717) is 17.8 Å². The normalized spacial score (nSPS) is 18.6. The first kappa shape index (κ1) is 20.5. The second-order valence-corrected chi connectivity index (χ2v) is 9.04. The van der Waals surface area contributed by atoms with Gasteiger partial charge in [0.25, 0.3) is 0 Å². The minimum absolute atomic E-state index is 0.266. The van der Waals surface area contributed by atoms with Crippen molar-refractivity contribution >= 4 is 28.6 Å². The Morgan fingerprint density at radius 3 is 2.71 bits per heavy atom. The Morgan fingerprint density at radius 2 is 1.94 bits per heavy atom. The molecule has 0 amide bonds. The van der Waals surface area contributed by atoms with Crippen LogP contribution in [0.25, 0.3) is 11.2 Å². The van der Waals surface area contributed by atoms with Gasteiger partial charge in [0.2, 0.25) is 5.28 Å². The van der Waals surface area contributed by atoms with Gasteiger partial charge in [-0.2, -0.15) is 9.97 Å². The molecule has 0 bridgehead atoms. The van der Waals surface area contributed by atoms with Crippen LogP contribution in [0.5, 0.6) is 5.75 Å². The van der Waals surface area contributed by atoms with Gasteiger partial charge in [0.1, 0.15) is 5.75 Å². The van der Waals surface area contributed by atoms with E-state index in [1.54, 1.807) is 7.11 Å². The summed E-state index contributed by atoms with van der Waals surface area (Å²) in [6.45, 7) is 1.92. The van der Waals surface area contributed by atoms with E-state index >= 15 is 0 Å². The van der Waals surface area contributed by atoms with Crippen molar-refractivity contribution in [3.63, 3.8) is 0 Å². The van der Waals surface area contributed by atoms with Crippen LogP contribution < -0.4 is 10.2 Å². The standard InChI is InChI=1S/C23H29ClN6O/c1-31-19-8-4-5-17(14-19)13-16-9-11-29(12-10-16)28-21-20-22(27-23(24)26-21)30(15-25-20)18-6-2-3-7-18/h4-5,8,14-16,18H,2-3,6-7,9-13H2,1H3,(H,26,27,28). The van der Waals surface area contributed by atoms with Gasteiger partial charge >= 0.3 is 0 Å². The number of anilines is 1. The molecule has 1 aliphatic carbocycles. The third kappa shape index (κ3) is 4.48. The average Bonchev–Trinajstić information content (AvgIpc) is 3.45. The molecular formula is C23H29ClN6O. The maximum atomic E-state index is 6.28. The molecule has 0 atom stereocenters. The summed E-state index contributed by atoms with van der Waals surface area (Å²) in [4.78, 5) is 13.6. The number of nitrogens with one attached hydrogen (secondary N) is 1. The van der Waals surface area contributed by atoms with Gasteiger partial charge in [0.05, 0.1) is 13.4 Å². The summed E-state index contributed by atoms with van der Waals surface area (Å²) in [5.41, 5.74) is 6.45. The summed E-state index contributed by atoms with van der Waals surface area (Å²) in [5.74, 6) is 2.30. The molecule has 1 aliphatic heterocycles. The summed E-state index contributed by atoms with van der Waals surface area (Å²) in [7, 11) is 1.72. The van der Waals surface area contributed by atoms with Gasteiger partial charge in [-0.05, 0) is 67.3 Å². The van der Waals surface area contributed by atoms with Crippen LogP contribution in [0.15, 0.2) is 30.6 Å². The Labute approximate surface area is 187 Å². The van der Waals surface area contributed by atoms with Crippen molar-refractivity contribution in [2.45, 2.75) is 51.0 Å². The number of rotatable bonds is 6. The van der Waals surface area contributed by atoms with Crippen molar-refractivity contribution in [1.29, 1.82) is 0 Å². The second kappa shape index (κ2) is 9.01. The molecule has 2 aromatic heterocycles. The molecule has 7 nitrogen and oxygen atoms in total. The molecule has 1 saturated heterocycles. The zero-order valence-electron chi connectivity index (χ0n) is 17.9. The molecular weight excluding hydrogens is 412 g/mol. The molecule has 5 rings (SSSR count). The van der Waals surface area contributed by atoms with Crippen LogP contribution in [-0.4, -0.2) is 44.7 Å². The molecule has 0 unspecified atom stereocenters. The van der Waals surface area contributed by atoms with Crippen molar-refractivity contribution in [3.8, 4) is 5.75 Å².